The molecule has 0 amide bonds. The zero-order chi connectivity index (χ0) is 13.8. The highest BCUT2D eigenvalue weighted by Gasteiger charge is 2.18. The van der Waals surface area contributed by atoms with E-state index >= 15 is 0 Å². The quantitative estimate of drug-likeness (QED) is 0.760. The molecule has 1 fully saturated rings. The molecule has 0 aliphatic carbocycles. The maximum Gasteiger partial charge on any atom is 0.0455 e. The van der Waals surface area contributed by atoms with Crippen molar-refractivity contribution >= 4 is 27.1 Å². The number of rotatable bonds is 5. The third-order valence-corrected chi connectivity index (χ3v) is 5.15. The van der Waals surface area contributed by atoms with Crippen LogP contribution in [0.3, 0.4) is 0 Å². The molecule has 2 nitrogen and oxygen atoms in total. The predicted molar refractivity (Wildman–Crippen MR) is 90.0 cm³/mol. The Morgan fingerprint density at radius 1 is 1.05 bits per heavy atom. The molecular weight excluding hydrogens is 264 g/mol. The number of fused-ring (bicyclic) bond motifs is 1. The number of thiophene rings is 1. The van der Waals surface area contributed by atoms with Crippen molar-refractivity contribution in [1.82, 2.24) is 4.90 Å². The van der Waals surface area contributed by atoms with Gasteiger partial charge >= 0.3 is 0 Å². The fraction of sp³-hybridized carbons (Fsp3) is 0.529. The second-order valence-electron chi connectivity index (χ2n) is 5.65. The van der Waals surface area contributed by atoms with Crippen LogP contribution in [0.4, 0.5) is 5.69 Å². The predicted octanol–water partition coefficient (Wildman–Crippen LogP) is 4.21. The van der Waals surface area contributed by atoms with Gasteiger partial charge in [-0.3, -0.25) is 4.90 Å². The molecule has 0 radical (unpaired) electrons. The van der Waals surface area contributed by atoms with Crippen LogP contribution in [0.2, 0.25) is 0 Å². The highest BCUT2D eigenvalue weighted by Crippen LogP contribution is 2.31. The molecule has 1 aliphatic rings. The van der Waals surface area contributed by atoms with Crippen molar-refractivity contribution in [3.05, 3.63) is 29.6 Å². The van der Waals surface area contributed by atoms with Crippen LogP contribution in [-0.2, 0) is 0 Å². The minimum atomic E-state index is 1.17. The maximum atomic E-state index is 2.62. The summed E-state index contributed by atoms with van der Waals surface area (Å²) in [6.45, 7) is 8.32. The van der Waals surface area contributed by atoms with E-state index in [2.05, 4.69) is 46.4 Å². The Balaban J connectivity index is 1.62. The average Bonchev–Trinajstić information content (AvgIpc) is 2.97. The lowest BCUT2D eigenvalue weighted by Gasteiger charge is -2.36. The summed E-state index contributed by atoms with van der Waals surface area (Å²) in [7, 11) is 0. The van der Waals surface area contributed by atoms with Crippen molar-refractivity contribution in [2.45, 2.75) is 26.2 Å². The van der Waals surface area contributed by atoms with E-state index in [1.54, 1.807) is 0 Å². The number of nitrogens with zero attached hydrogens (tertiary/aromatic N) is 2. The van der Waals surface area contributed by atoms with E-state index in [0.29, 0.717) is 0 Å². The summed E-state index contributed by atoms with van der Waals surface area (Å²) in [5.41, 5.74) is 1.43. The van der Waals surface area contributed by atoms with Crippen molar-refractivity contribution < 1.29 is 0 Å². The van der Waals surface area contributed by atoms with E-state index in [0.717, 1.165) is 0 Å². The van der Waals surface area contributed by atoms with Crippen LogP contribution < -0.4 is 4.90 Å². The van der Waals surface area contributed by atoms with Crippen molar-refractivity contribution in [3.63, 3.8) is 0 Å². The molecule has 3 heteroatoms. The zero-order valence-corrected chi connectivity index (χ0v) is 13.2. The molecule has 20 heavy (non-hydrogen) atoms. The van der Waals surface area contributed by atoms with Gasteiger partial charge in [0.25, 0.3) is 0 Å². The van der Waals surface area contributed by atoms with E-state index in [9.17, 15) is 0 Å². The molecule has 0 spiro atoms. The summed E-state index contributed by atoms with van der Waals surface area (Å²) in [6, 6.07) is 8.97. The first-order valence-corrected chi connectivity index (χ1v) is 8.70. The van der Waals surface area contributed by atoms with Gasteiger partial charge in [-0.15, -0.1) is 11.3 Å². The summed E-state index contributed by atoms with van der Waals surface area (Å²) < 4.78 is 1.41. The lowest BCUT2D eigenvalue weighted by Crippen LogP contribution is -2.46. The fourth-order valence-corrected chi connectivity index (χ4v) is 3.86. The number of benzene rings is 1. The van der Waals surface area contributed by atoms with Gasteiger partial charge in [-0.1, -0.05) is 25.8 Å². The minimum Gasteiger partial charge on any atom is -0.368 e. The van der Waals surface area contributed by atoms with Crippen LogP contribution in [0.15, 0.2) is 29.6 Å². The van der Waals surface area contributed by atoms with Crippen molar-refractivity contribution in [3.8, 4) is 0 Å². The van der Waals surface area contributed by atoms with E-state index in [1.807, 2.05) is 11.3 Å². The zero-order valence-electron chi connectivity index (χ0n) is 12.3. The molecule has 0 unspecified atom stereocenters. The van der Waals surface area contributed by atoms with E-state index < -0.39 is 0 Å². The van der Waals surface area contributed by atoms with Gasteiger partial charge in [-0.2, -0.15) is 0 Å². The molecule has 3 rings (SSSR count). The van der Waals surface area contributed by atoms with E-state index in [1.165, 1.54) is 67.8 Å². The van der Waals surface area contributed by atoms with Gasteiger partial charge in [0.2, 0.25) is 0 Å². The smallest absolute Gasteiger partial charge is 0.0455 e. The molecular formula is C17H24N2S. The van der Waals surface area contributed by atoms with Crippen LogP contribution in [0.1, 0.15) is 26.2 Å². The van der Waals surface area contributed by atoms with Gasteiger partial charge in [0.15, 0.2) is 0 Å². The van der Waals surface area contributed by atoms with Gasteiger partial charge in [0.05, 0.1) is 0 Å². The molecule has 1 aromatic carbocycles. The molecule has 0 atom stereocenters. The molecule has 0 bridgehead atoms. The summed E-state index contributed by atoms with van der Waals surface area (Å²) >= 11 is 1.84. The Kier molecular flexibility index (Phi) is 4.58. The molecule has 1 aromatic heterocycles. The Morgan fingerprint density at radius 2 is 1.90 bits per heavy atom. The number of piperazine rings is 1. The maximum absolute atomic E-state index is 2.62. The second kappa shape index (κ2) is 6.59. The van der Waals surface area contributed by atoms with Crippen molar-refractivity contribution in [2.24, 2.45) is 0 Å². The van der Waals surface area contributed by atoms with E-state index in [4.69, 9.17) is 0 Å². The van der Waals surface area contributed by atoms with Crippen molar-refractivity contribution in [1.29, 1.82) is 0 Å². The molecule has 1 aliphatic heterocycles. The molecule has 2 heterocycles. The van der Waals surface area contributed by atoms with Gasteiger partial charge in [0, 0.05) is 42.0 Å². The second-order valence-corrected chi connectivity index (χ2v) is 6.59. The molecule has 0 N–H and O–H groups in total. The lowest BCUT2D eigenvalue weighted by atomic mass is 10.1. The fourth-order valence-electron chi connectivity index (χ4n) is 3.05. The van der Waals surface area contributed by atoms with Crippen LogP contribution in [0, 0.1) is 0 Å². The Labute approximate surface area is 126 Å². The minimum absolute atomic E-state index is 1.17. The Hall–Kier alpha value is -1.06. The standard InChI is InChI=1S/C17H24N2S/c1-2-3-4-9-18-10-12-19(13-11-18)16-6-5-7-17-15(16)8-14-20-17/h5-8,14H,2-4,9-13H2,1H3. The number of unbranched alkanes of at least 4 members (excludes halogenated alkanes) is 2. The van der Waals surface area contributed by atoms with Gasteiger partial charge in [-0.25, -0.2) is 0 Å². The van der Waals surface area contributed by atoms with Gasteiger partial charge in [0.1, 0.15) is 0 Å². The third kappa shape index (κ3) is 2.99. The highest BCUT2D eigenvalue weighted by atomic mass is 32.1. The normalized spacial score (nSPS) is 16.9. The molecule has 1 saturated heterocycles. The Bertz CT molecular complexity index is 541. The topological polar surface area (TPSA) is 6.48 Å². The van der Waals surface area contributed by atoms with Crippen molar-refractivity contribution in [2.75, 3.05) is 37.6 Å². The Morgan fingerprint density at radius 3 is 2.70 bits per heavy atom. The summed E-state index contributed by atoms with van der Waals surface area (Å²) in [4.78, 5) is 5.19. The SMILES string of the molecule is CCCCCN1CCN(c2cccc3sccc23)CC1. The molecule has 0 saturated carbocycles. The number of hydrogen-bond acceptors (Lipinski definition) is 3. The highest BCUT2D eigenvalue weighted by molar-refractivity contribution is 7.17. The van der Waals surface area contributed by atoms with Crippen LogP contribution in [0.25, 0.3) is 10.1 Å². The lowest BCUT2D eigenvalue weighted by molar-refractivity contribution is 0.253. The summed E-state index contributed by atoms with van der Waals surface area (Å²) in [6.07, 6.45) is 4.05. The molecule has 108 valence electrons. The average molecular weight is 288 g/mol. The first kappa shape index (κ1) is 13.9. The van der Waals surface area contributed by atoms with Crippen LogP contribution in [0.5, 0.6) is 0 Å². The van der Waals surface area contributed by atoms with Gasteiger partial charge < -0.3 is 4.90 Å². The first-order chi connectivity index (χ1) is 9.88. The van der Waals surface area contributed by atoms with Crippen LogP contribution >= 0.6 is 11.3 Å². The number of hydrogen-bond donors (Lipinski definition) is 0. The monoisotopic (exact) mass is 288 g/mol. The van der Waals surface area contributed by atoms with Crippen LogP contribution in [-0.4, -0.2) is 37.6 Å². The largest absolute Gasteiger partial charge is 0.368 e. The summed E-state index contributed by atoms with van der Waals surface area (Å²) in [5, 5.41) is 3.63. The van der Waals surface area contributed by atoms with E-state index in [-0.39, 0.29) is 0 Å². The first-order valence-electron chi connectivity index (χ1n) is 7.82. The molecule has 2 aromatic rings. The van der Waals surface area contributed by atoms with Gasteiger partial charge in [-0.05, 0) is 36.5 Å². The summed E-state index contributed by atoms with van der Waals surface area (Å²) in [5.74, 6) is 0. The third-order valence-electron chi connectivity index (χ3n) is 4.26. The number of anilines is 1.